The number of ether oxygens (including phenoxy) is 1. The second-order valence-corrected chi connectivity index (χ2v) is 6.14. The van der Waals surface area contributed by atoms with Crippen molar-refractivity contribution in [3.05, 3.63) is 11.3 Å². The average molecular weight is 312 g/mol. The summed E-state index contributed by atoms with van der Waals surface area (Å²) < 4.78 is 5.13. The molecule has 0 aromatic heterocycles. The smallest absolute Gasteiger partial charge is 0.338 e. The molecule has 5 atom stereocenters. The molecule has 0 radical (unpaired) electrons. The van der Waals surface area contributed by atoms with Gasteiger partial charge in [0.2, 0.25) is 0 Å². The lowest BCUT2D eigenvalue weighted by Crippen LogP contribution is -2.65. The van der Waals surface area contributed by atoms with Gasteiger partial charge < -0.3 is 25.8 Å². The molecule has 1 aliphatic heterocycles. The molecule has 19 heavy (non-hydrogen) atoms. The Balaban J connectivity index is 2.50. The molecule has 0 spiro atoms. The van der Waals surface area contributed by atoms with E-state index in [4.69, 9.17) is 33.7 Å². The Kier molecular flexibility index (Phi) is 3.75. The summed E-state index contributed by atoms with van der Waals surface area (Å²) in [5.41, 5.74) is 4.46. The van der Waals surface area contributed by atoms with E-state index in [1.54, 1.807) is 0 Å². The highest BCUT2D eigenvalue weighted by Crippen LogP contribution is 2.43. The summed E-state index contributed by atoms with van der Waals surface area (Å²) in [5, 5.41) is 29.5. The zero-order chi connectivity index (χ0) is 14.5. The second kappa shape index (κ2) is 4.79. The SMILES string of the molecule is CC1(C(Cl)Cl)OC(=O)C2=C(O)CC(O)C(O)C2C1N. The highest BCUT2D eigenvalue weighted by molar-refractivity contribution is 6.45. The number of cyclic esters (lactones) is 1. The summed E-state index contributed by atoms with van der Waals surface area (Å²) in [4.78, 5) is 10.8. The van der Waals surface area contributed by atoms with E-state index in [0.717, 1.165) is 0 Å². The largest absolute Gasteiger partial charge is 0.512 e. The van der Waals surface area contributed by atoms with E-state index in [1.165, 1.54) is 6.92 Å². The van der Waals surface area contributed by atoms with Gasteiger partial charge in [0.05, 0.1) is 23.8 Å². The lowest BCUT2D eigenvalue weighted by Gasteiger charge is -2.48. The summed E-state index contributed by atoms with van der Waals surface area (Å²) in [6.45, 7) is 1.45. The van der Waals surface area contributed by atoms with Crippen molar-refractivity contribution < 1.29 is 24.9 Å². The van der Waals surface area contributed by atoms with Gasteiger partial charge in [-0.1, -0.05) is 0 Å². The van der Waals surface area contributed by atoms with Crippen LogP contribution in [0.1, 0.15) is 13.3 Å². The fourth-order valence-corrected chi connectivity index (χ4v) is 2.93. The number of halogens is 2. The maximum Gasteiger partial charge on any atom is 0.338 e. The lowest BCUT2D eigenvalue weighted by molar-refractivity contribution is -0.169. The molecule has 1 fully saturated rings. The Morgan fingerprint density at radius 1 is 1.47 bits per heavy atom. The number of hydrogen-bond donors (Lipinski definition) is 4. The molecular formula is C11H15Cl2NO5. The molecule has 1 aliphatic carbocycles. The molecule has 0 aromatic rings. The molecule has 0 bridgehead atoms. The number of aliphatic hydroxyl groups is 3. The monoisotopic (exact) mass is 311 g/mol. The molecule has 0 aromatic carbocycles. The Morgan fingerprint density at radius 2 is 2.05 bits per heavy atom. The van der Waals surface area contributed by atoms with Crippen molar-refractivity contribution in [1.82, 2.24) is 0 Å². The van der Waals surface area contributed by atoms with Gasteiger partial charge in [0, 0.05) is 12.3 Å². The molecule has 8 heteroatoms. The zero-order valence-electron chi connectivity index (χ0n) is 10.1. The van der Waals surface area contributed by atoms with Crippen molar-refractivity contribution in [2.75, 3.05) is 0 Å². The third-order valence-corrected chi connectivity index (χ3v) is 4.69. The van der Waals surface area contributed by atoms with Gasteiger partial charge in [0.15, 0.2) is 5.60 Å². The minimum absolute atomic E-state index is 0.114. The number of fused-ring (bicyclic) bond motifs is 1. The molecule has 108 valence electrons. The average Bonchev–Trinajstić information content (AvgIpc) is 2.30. The number of carbonyl (C=O) groups is 1. The first-order valence-corrected chi connectivity index (χ1v) is 6.62. The molecule has 2 aliphatic rings. The number of carbonyl (C=O) groups excluding carboxylic acids is 1. The van der Waals surface area contributed by atoms with Crippen molar-refractivity contribution in [2.45, 2.75) is 42.0 Å². The molecule has 0 saturated carbocycles. The zero-order valence-corrected chi connectivity index (χ0v) is 11.6. The number of rotatable bonds is 1. The number of esters is 1. The van der Waals surface area contributed by atoms with E-state index in [0.29, 0.717) is 0 Å². The van der Waals surface area contributed by atoms with Crippen LogP contribution in [-0.4, -0.2) is 50.0 Å². The van der Waals surface area contributed by atoms with Crippen LogP contribution < -0.4 is 5.73 Å². The lowest BCUT2D eigenvalue weighted by atomic mass is 9.71. The quantitative estimate of drug-likeness (QED) is 0.400. The Hall–Kier alpha value is -0.530. The van der Waals surface area contributed by atoms with Crippen LogP contribution in [0, 0.1) is 5.92 Å². The van der Waals surface area contributed by atoms with Crippen molar-refractivity contribution in [3.63, 3.8) is 0 Å². The summed E-state index contributed by atoms with van der Waals surface area (Å²) in [6, 6.07) is -0.952. The highest BCUT2D eigenvalue weighted by Gasteiger charge is 2.57. The predicted octanol–water partition coefficient (Wildman–Crippen LogP) is -0.0133. The molecule has 0 amide bonds. The van der Waals surface area contributed by atoms with E-state index in [2.05, 4.69) is 0 Å². The number of nitrogens with two attached hydrogens (primary N) is 1. The summed E-state index contributed by atoms with van der Waals surface area (Å²) >= 11 is 11.6. The summed E-state index contributed by atoms with van der Waals surface area (Å²) in [5.74, 6) is -2.13. The molecule has 1 saturated heterocycles. The maximum atomic E-state index is 12.0. The van der Waals surface area contributed by atoms with Gasteiger partial charge >= 0.3 is 5.97 Å². The third kappa shape index (κ3) is 2.11. The van der Waals surface area contributed by atoms with E-state index in [-0.39, 0.29) is 17.8 Å². The Bertz CT molecular complexity index is 441. The first-order valence-electron chi connectivity index (χ1n) is 5.75. The fourth-order valence-electron chi connectivity index (χ4n) is 2.55. The van der Waals surface area contributed by atoms with Crippen LogP contribution in [-0.2, 0) is 9.53 Å². The van der Waals surface area contributed by atoms with Crippen LogP contribution in [0.2, 0.25) is 0 Å². The van der Waals surface area contributed by atoms with Crippen molar-refractivity contribution in [2.24, 2.45) is 11.7 Å². The van der Waals surface area contributed by atoms with Crippen LogP contribution in [0.4, 0.5) is 0 Å². The van der Waals surface area contributed by atoms with Crippen molar-refractivity contribution in [3.8, 4) is 0 Å². The highest BCUT2D eigenvalue weighted by atomic mass is 35.5. The molecule has 5 N–H and O–H groups in total. The van der Waals surface area contributed by atoms with Gasteiger partial charge in [-0.05, 0) is 6.92 Å². The number of aliphatic hydroxyl groups excluding tert-OH is 3. The topological polar surface area (TPSA) is 113 Å². The van der Waals surface area contributed by atoms with Gasteiger partial charge in [-0.25, -0.2) is 4.79 Å². The van der Waals surface area contributed by atoms with E-state index in [1.807, 2.05) is 0 Å². The van der Waals surface area contributed by atoms with Gasteiger partial charge in [-0.3, -0.25) is 0 Å². The Morgan fingerprint density at radius 3 is 2.58 bits per heavy atom. The van der Waals surface area contributed by atoms with E-state index < -0.39 is 40.6 Å². The van der Waals surface area contributed by atoms with Crippen molar-refractivity contribution >= 4 is 29.2 Å². The van der Waals surface area contributed by atoms with Crippen LogP contribution >= 0.6 is 23.2 Å². The van der Waals surface area contributed by atoms with Crippen LogP contribution in [0.25, 0.3) is 0 Å². The predicted molar refractivity (Wildman–Crippen MR) is 67.7 cm³/mol. The normalized spacial score (nSPS) is 43.2. The maximum absolute atomic E-state index is 12.0. The summed E-state index contributed by atoms with van der Waals surface area (Å²) in [6.07, 6.45) is -2.73. The van der Waals surface area contributed by atoms with Gasteiger partial charge in [-0.15, -0.1) is 23.2 Å². The third-order valence-electron chi connectivity index (χ3n) is 3.82. The fraction of sp³-hybridized carbons (Fsp3) is 0.727. The first-order chi connectivity index (χ1) is 8.70. The molecular weight excluding hydrogens is 297 g/mol. The van der Waals surface area contributed by atoms with Crippen LogP contribution in [0.15, 0.2) is 11.3 Å². The molecule has 1 heterocycles. The standard InChI is InChI=1S/C11H15Cl2NO5/c1-11(10(12)13)8(14)6-5(9(18)19-11)3(15)2-4(16)7(6)17/h4,6-8,10,15-17H,2,14H2,1H3. The van der Waals surface area contributed by atoms with Crippen LogP contribution in [0.5, 0.6) is 0 Å². The minimum atomic E-state index is -1.41. The second-order valence-electron chi connectivity index (χ2n) is 5.05. The van der Waals surface area contributed by atoms with E-state index in [9.17, 15) is 20.1 Å². The van der Waals surface area contributed by atoms with Gasteiger partial charge in [0.1, 0.15) is 10.6 Å². The van der Waals surface area contributed by atoms with Crippen molar-refractivity contribution in [1.29, 1.82) is 0 Å². The van der Waals surface area contributed by atoms with Gasteiger partial charge in [0.25, 0.3) is 0 Å². The first kappa shape index (κ1) is 14.9. The summed E-state index contributed by atoms with van der Waals surface area (Å²) in [7, 11) is 0. The molecule has 6 nitrogen and oxygen atoms in total. The van der Waals surface area contributed by atoms with E-state index >= 15 is 0 Å². The number of alkyl halides is 2. The molecule has 5 unspecified atom stereocenters. The number of hydrogen-bond acceptors (Lipinski definition) is 6. The Labute approximate surface area is 119 Å². The van der Waals surface area contributed by atoms with Gasteiger partial charge in [-0.2, -0.15) is 0 Å². The van der Waals surface area contributed by atoms with Crippen LogP contribution in [0.3, 0.4) is 0 Å². The minimum Gasteiger partial charge on any atom is -0.512 e. The molecule has 2 rings (SSSR count).